The number of rotatable bonds is 13. The fourth-order valence-electron chi connectivity index (χ4n) is 11.8. The van der Waals surface area contributed by atoms with Gasteiger partial charge in [0.05, 0.1) is 39.1 Å². The summed E-state index contributed by atoms with van der Waals surface area (Å²) in [6.45, 7) is 10.3. The first-order chi connectivity index (χ1) is 35.4. The molecule has 2 saturated heterocycles. The average molecular weight is 1000 g/mol. The Morgan fingerprint density at radius 1 is 0.849 bits per heavy atom. The molecule has 11 rings (SSSR count). The highest BCUT2D eigenvalue weighted by molar-refractivity contribution is 7.22. The van der Waals surface area contributed by atoms with Gasteiger partial charge in [-0.15, -0.1) is 0 Å². The van der Waals surface area contributed by atoms with Gasteiger partial charge in [0.1, 0.15) is 11.6 Å². The summed E-state index contributed by atoms with van der Waals surface area (Å²) in [6, 6.07) is 29.4. The molecule has 4 aromatic carbocycles. The summed E-state index contributed by atoms with van der Waals surface area (Å²) in [5.41, 5.74) is 8.49. The van der Waals surface area contributed by atoms with E-state index in [9.17, 15) is 24.3 Å². The Morgan fingerprint density at radius 3 is 2.44 bits per heavy atom. The SMILES string of the molecule is Cc1c(OC2CCC(C[C@H](C)CN3CCN(c4cccc5c(C6CCC(=O)NC6=O)nn(C)c45)CC3)CC2)cccc1-c1ccc(N2CCc3cccc(C(=O)Nc4nc5ccccc5s4)c3C2)nc1C(=O)O. The van der Waals surface area contributed by atoms with Crippen LogP contribution >= 0.6 is 11.3 Å². The van der Waals surface area contributed by atoms with Gasteiger partial charge >= 0.3 is 5.97 Å². The summed E-state index contributed by atoms with van der Waals surface area (Å²) in [7, 11) is 1.94. The van der Waals surface area contributed by atoms with Crippen molar-refractivity contribution in [1.82, 2.24) is 30.0 Å². The highest BCUT2D eigenvalue weighted by Crippen LogP contribution is 2.39. The Morgan fingerprint density at radius 2 is 1.64 bits per heavy atom. The standard InChI is InChI=1S/C57H61N9O6S/c1-34(32-64-27-29-65(30-28-64)46-14-7-12-42-51(62-63(3)53(42)46)43-22-24-50(67)60-55(43)69)31-36-17-19-38(20-18-36)72-47-15-8-10-39(35(47)2)40-21-23-49(59-52(40)56(70)71)66-26-25-37-9-6-11-41(44(37)33-66)54(68)61-57-58-45-13-4-5-16-48(45)73-57/h4-16,21,23,34,36,38,43H,17-20,22,24-33H2,1-3H3,(H,70,71)(H,58,61,68)(H,60,67,69)/t34-,36?,38?,43?/m0/s1. The number of nitrogens with one attached hydrogen (secondary N) is 2. The summed E-state index contributed by atoms with van der Waals surface area (Å²) in [6.07, 6.45) is 6.95. The third kappa shape index (κ3) is 9.89. The lowest BCUT2D eigenvalue weighted by Crippen LogP contribution is -2.47. The van der Waals surface area contributed by atoms with Gasteiger partial charge in [0.2, 0.25) is 11.8 Å². The first-order valence-corrected chi connectivity index (χ1v) is 26.6. The monoisotopic (exact) mass is 999 g/mol. The van der Waals surface area contributed by atoms with Crippen LogP contribution in [0.1, 0.15) is 101 Å². The fraction of sp³-hybridized carbons (Fsp3) is 0.386. The number of carboxylic acid groups (broad SMARTS) is 1. The number of pyridine rings is 1. The first kappa shape index (κ1) is 48.1. The van der Waals surface area contributed by atoms with Crippen LogP contribution in [0.15, 0.2) is 91.0 Å². The van der Waals surface area contributed by atoms with Gasteiger partial charge < -0.3 is 19.6 Å². The van der Waals surface area contributed by atoms with E-state index in [4.69, 9.17) is 14.8 Å². The van der Waals surface area contributed by atoms with E-state index in [1.54, 1.807) is 0 Å². The van der Waals surface area contributed by atoms with Crippen LogP contribution < -0.4 is 25.2 Å². The molecule has 1 unspecified atom stereocenters. The molecule has 7 aromatic rings. The predicted octanol–water partition coefficient (Wildman–Crippen LogP) is 9.37. The number of nitrogens with zero attached hydrogens (tertiary/aromatic N) is 7. The van der Waals surface area contributed by atoms with E-state index >= 15 is 0 Å². The molecule has 0 spiro atoms. The van der Waals surface area contributed by atoms with Crippen molar-refractivity contribution in [2.24, 2.45) is 18.9 Å². The number of aromatic carboxylic acids is 1. The normalized spacial score (nSPS) is 20.0. The number of benzene rings is 4. The fourth-order valence-corrected chi connectivity index (χ4v) is 12.7. The Bertz CT molecular complexity index is 3230. The van der Waals surface area contributed by atoms with Crippen molar-refractivity contribution < 1.29 is 29.0 Å². The molecule has 0 radical (unpaired) electrons. The quantitative estimate of drug-likeness (QED) is 0.0936. The van der Waals surface area contributed by atoms with Crippen LogP contribution in [-0.4, -0.2) is 98.8 Å². The van der Waals surface area contributed by atoms with Crippen LogP contribution in [0, 0.1) is 18.8 Å². The number of piperazine rings is 1. The van der Waals surface area contributed by atoms with E-state index in [1.807, 2.05) is 102 Å². The lowest BCUT2D eigenvalue weighted by atomic mass is 9.82. The van der Waals surface area contributed by atoms with E-state index in [0.717, 1.165) is 119 Å². The number of piperidine rings is 1. The van der Waals surface area contributed by atoms with Crippen LogP contribution in [0.3, 0.4) is 0 Å². The van der Waals surface area contributed by atoms with Crippen LogP contribution in [0.4, 0.5) is 16.6 Å². The van der Waals surface area contributed by atoms with E-state index in [-0.39, 0.29) is 29.5 Å². The van der Waals surface area contributed by atoms with E-state index in [1.165, 1.54) is 17.8 Å². The smallest absolute Gasteiger partial charge is 0.355 e. The molecular formula is C57H61N9O6S. The molecule has 6 heterocycles. The predicted molar refractivity (Wildman–Crippen MR) is 285 cm³/mol. The highest BCUT2D eigenvalue weighted by Gasteiger charge is 2.34. The minimum Gasteiger partial charge on any atom is -0.490 e. The minimum atomic E-state index is -1.10. The van der Waals surface area contributed by atoms with Gasteiger partial charge in [0, 0.05) is 75.8 Å². The van der Waals surface area contributed by atoms with E-state index in [2.05, 4.69) is 44.5 Å². The van der Waals surface area contributed by atoms with Crippen molar-refractivity contribution in [1.29, 1.82) is 0 Å². The molecule has 376 valence electrons. The van der Waals surface area contributed by atoms with Gasteiger partial charge in [0.25, 0.3) is 5.91 Å². The third-order valence-electron chi connectivity index (χ3n) is 15.6. The van der Waals surface area contributed by atoms with Gasteiger partial charge in [-0.3, -0.25) is 34.6 Å². The highest BCUT2D eigenvalue weighted by atomic mass is 32.1. The molecule has 3 amide bonds. The lowest BCUT2D eigenvalue weighted by Gasteiger charge is -2.38. The number of ether oxygens (including phenoxy) is 1. The largest absolute Gasteiger partial charge is 0.490 e. The summed E-state index contributed by atoms with van der Waals surface area (Å²) >= 11 is 1.44. The number of anilines is 3. The number of thiazole rings is 1. The summed E-state index contributed by atoms with van der Waals surface area (Å²) in [5.74, 6) is 0.299. The molecule has 3 N–H and O–H groups in total. The number of carbonyl (C=O) groups excluding carboxylic acids is 3. The molecule has 0 bridgehead atoms. The number of carboxylic acids is 1. The Labute approximate surface area is 428 Å². The average Bonchev–Trinajstić information content (AvgIpc) is 3.97. The second kappa shape index (κ2) is 20.4. The van der Waals surface area contributed by atoms with Crippen LogP contribution in [0.2, 0.25) is 0 Å². The molecule has 1 aliphatic carbocycles. The number of fused-ring (bicyclic) bond motifs is 3. The van der Waals surface area contributed by atoms with Crippen LogP contribution in [0.25, 0.3) is 32.2 Å². The Hall–Kier alpha value is -7.17. The van der Waals surface area contributed by atoms with Gasteiger partial charge in [-0.05, 0) is 128 Å². The zero-order chi connectivity index (χ0) is 50.3. The third-order valence-corrected chi connectivity index (χ3v) is 16.5. The molecule has 3 fully saturated rings. The Balaban J connectivity index is 0.681. The second-order valence-corrected chi connectivity index (χ2v) is 21.5. The Kier molecular flexibility index (Phi) is 13.4. The minimum absolute atomic E-state index is 0.0219. The lowest BCUT2D eigenvalue weighted by molar-refractivity contribution is -0.134. The molecule has 3 aliphatic heterocycles. The van der Waals surface area contributed by atoms with Crippen molar-refractivity contribution in [3.05, 3.63) is 125 Å². The number of imide groups is 1. The van der Waals surface area contributed by atoms with E-state index in [0.29, 0.717) is 66.3 Å². The van der Waals surface area contributed by atoms with Crippen molar-refractivity contribution in [2.75, 3.05) is 54.4 Å². The maximum atomic E-state index is 13.7. The van der Waals surface area contributed by atoms with Gasteiger partial charge in [-0.2, -0.15) is 5.10 Å². The molecule has 15 nitrogen and oxygen atoms in total. The molecule has 4 aliphatic rings. The second-order valence-electron chi connectivity index (χ2n) is 20.4. The number of aromatic nitrogens is 4. The van der Waals surface area contributed by atoms with Gasteiger partial charge in [0.15, 0.2) is 10.8 Å². The maximum Gasteiger partial charge on any atom is 0.355 e. The van der Waals surface area contributed by atoms with Crippen LogP contribution in [0.5, 0.6) is 5.75 Å². The number of aryl methyl sites for hydroxylation is 1. The van der Waals surface area contributed by atoms with Crippen molar-refractivity contribution in [3.8, 4) is 16.9 Å². The summed E-state index contributed by atoms with van der Waals surface area (Å²) in [4.78, 5) is 67.6. The molecule has 73 heavy (non-hydrogen) atoms. The number of para-hydroxylation sites is 2. The number of hydrogen-bond acceptors (Lipinski definition) is 12. The van der Waals surface area contributed by atoms with Gasteiger partial charge in [-0.1, -0.05) is 66.8 Å². The topological polar surface area (TPSA) is 175 Å². The van der Waals surface area contributed by atoms with Crippen LogP contribution in [-0.2, 0) is 29.6 Å². The van der Waals surface area contributed by atoms with Crippen molar-refractivity contribution in [2.45, 2.75) is 83.8 Å². The number of carbonyl (C=O) groups is 4. The van der Waals surface area contributed by atoms with Crippen molar-refractivity contribution >= 4 is 72.8 Å². The molecule has 16 heteroatoms. The first-order valence-electron chi connectivity index (χ1n) is 25.7. The number of hydrogen-bond donors (Lipinski definition) is 3. The molecule has 1 saturated carbocycles. The zero-order valence-corrected chi connectivity index (χ0v) is 42.4. The zero-order valence-electron chi connectivity index (χ0n) is 41.6. The molecular weight excluding hydrogens is 939 g/mol. The van der Waals surface area contributed by atoms with Gasteiger partial charge in [-0.25, -0.2) is 14.8 Å². The molecule has 3 aromatic heterocycles. The van der Waals surface area contributed by atoms with E-state index < -0.39 is 11.9 Å². The summed E-state index contributed by atoms with van der Waals surface area (Å²) in [5, 5.41) is 22.4. The number of amides is 3. The molecule has 2 atom stereocenters. The summed E-state index contributed by atoms with van der Waals surface area (Å²) < 4.78 is 9.62. The van der Waals surface area contributed by atoms with Crippen molar-refractivity contribution in [3.63, 3.8) is 0 Å². The maximum absolute atomic E-state index is 13.7.